The Morgan fingerprint density at radius 1 is 1.29 bits per heavy atom. The van der Waals surface area contributed by atoms with E-state index in [1.807, 2.05) is 31.1 Å². The van der Waals surface area contributed by atoms with Crippen molar-refractivity contribution in [3.8, 4) is 6.07 Å². The molecule has 126 valence electrons. The molecule has 1 rings (SSSR count). The van der Waals surface area contributed by atoms with Gasteiger partial charge in [-0.2, -0.15) is 5.26 Å². The predicted octanol–water partition coefficient (Wildman–Crippen LogP) is 0.786. The number of hydrogen-bond acceptors (Lipinski definition) is 6. The topological polar surface area (TPSA) is 126 Å². The molecule has 0 radical (unpaired) electrons. The highest BCUT2D eigenvalue weighted by molar-refractivity contribution is 6.01. The molecule has 0 aliphatic carbocycles. The van der Waals surface area contributed by atoms with E-state index < -0.39 is 24.0 Å². The summed E-state index contributed by atoms with van der Waals surface area (Å²) < 4.78 is 4.84. The zero-order chi connectivity index (χ0) is 18.3. The second-order valence-electron chi connectivity index (χ2n) is 5.06. The van der Waals surface area contributed by atoms with E-state index in [-0.39, 0.29) is 5.57 Å². The van der Waals surface area contributed by atoms with Gasteiger partial charge in [-0.25, -0.2) is 9.59 Å². The molecule has 0 saturated heterocycles. The zero-order valence-corrected chi connectivity index (χ0v) is 13.6. The standard InChI is InChI=1S/C16H18N4O4/c1-10(14(21)19-16(18)23)24-15(22)12(9-17)8-11-4-6-13(7-5-11)20(2)3/h4-8,10H,1-3H3,(H3,18,19,21,23)/b12-8+/t10-/m1/s1. The van der Waals surface area contributed by atoms with Crippen molar-refractivity contribution in [2.75, 3.05) is 19.0 Å². The SMILES string of the molecule is C[C@@H](OC(=O)/C(C#N)=C/c1ccc(N(C)C)cc1)C(=O)NC(N)=O. The van der Waals surface area contributed by atoms with Crippen LogP contribution < -0.4 is 16.0 Å². The second-order valence-corrected chi connectivity index (χ2v) is 5.06. The lowest BCUT2D eigenvalue weighted by atomic mass is 10.1. The Kier molecular flexibility index (Phi) is 6.50. The van der Waals surface area contributed by atoms with E-state index in [4.69, 9.17) is 15.7 Å². The van der Waals surface area contributed by atoms with Crippen LogP contribution in [0.3, 0.4) is 0 Å². The van der Waals surface area contributed by atoms with E-state index in [1.54, 1.807) is 23.5 Å². The molecule has 1 atom stereocenters. The molecular weight excluding hydrogens is 312 g/mol. The van der Waals surface area contributed by atoms with Gasteiger partial charge in [-0.3, -0.25) is 10.1 Å². The van der Waals surface area contributed by atoms with Crippen LogP contribution in [0.15, 0.2) is 29.8 Å². The van der Waals surface area contributed by atoms with Crippen molar-refractivity contribution in [3.63, 3.8) is 0 Å². The van der Waals surface area contributed by atoms with Gasteiger partial charge in [0.1, 0.15) is 11.6 Å². The number of rotatable bonds is 5. The summed E-state index contributed by atoms with van der Waals surface area (Å²) in [6, 6.07) is 7.81. The average Bonchev–Trinajstić information content (AvgIpc) is 2.52. The Morgan fingerprint density at radius 2 is 1.88 bits per heavy atom. The number of nitrogens with zero attached hydrogens (tertiary/aromatic N) is 2. The fourth-order valence-corrected chi connectivity index (χ4v) is 1.67. The third-order valence-corrected chi connectivity index (χ3v) is 2.96. The van der Waals surface area contributed by atoms with Crippen molar-refractivity contribution in [1.82, 2.24) is 5.32 Å². The number of ether oxygens (including phenoxy) is 1. The summed E-state index contributed by atoms with van der Waals surface area (Å²) in [5, 5.41) is 10.9. The van der Waals surface area contributed by atoms with Gasteiger partial charge in [0.2, 0.25) is 0 Å². The molecule has 0 bridgehead atoms. The number of amides is 3. The van der Waals surface area contributed by atoms with Crippen LogP contribution >= 0.6 is 0 Å². The number of primary amides is 1. The van der Waals surface area contributed by atoms with E-state index in [0.717, 1.165) is 5.69 Å². The molecular formula is C16H18N4O4. The molecule has 0 aliphatic rings. The fraction of sp³-hybridized carbons (Fsp3) is 0.250. The van der Waals surface area contributed by atoms with E-state index >= 15 is 0 Å². The van der Waals surface area contributed by atoms with E-state index in [9.17, 15) is 14.4 Å². The number of urea groups is 1. The summed E-state index contributed by atoms with van der Waals surface area (Å²) in [7, 11) is 3.78. The van der Waals surface area contributed by atoms with Crippen LogP contribution in [-0.2, 0) is 14.3 Å². The average molecular weight is 330 g/mol. The molecule has 8 nitrogen and oxygen atoms in total. The molecule has 1 aromatic rings. The molecule has 0 unspecified atom stereocenters. The Labute approximate surface area is 139 Å². The number of nitrogens with one attached hydrogen (secondary N) is 1. The second kappa shape index (κ2) is 8.33. The molecule has 8 heteroatoms. The summed E-state index contributed by atoms with van der Waals surface area (Å²) in [5.41, 5.74) is 6.12. The number of anilines is 1. The third kappa shape index (κ3) is 5.46. The number of imide groups is 1. The Morgan fingerprint density at radius 3 is 2.33 bits per heavy atom. The van der Waals surface area contributed by atoms with Crippen LogP contribution in [0.25, 0.3) is 6.08 Å². The largest absolute Gasteiger partial charge is 0.448 e. The first-order chi connectivity index (χ1) is 11.2. The molecule has 0 fully saturated rings. The smallest absolute Gasteiger partial charge is 0.349 e. The molecule has 0 heterocycles. The Hall–Kier alpha value is -3.34. The summed E-state index contributed by atoms with van der Waals surface area (Å²) in [5.74, 6) is -1.84. The molecule has 3 N–H and O–H groups in total. The van der Waals surface area contributed by atoms with Crippen molar-refractivity contribution in [1.29, 1.82) is 5.26 Å². The lowest BCUT2D eigenvalue weighted by Gasteiger charge is -2.12. The third-order valence-electron chi connectivity index (χ3n) is 2.96. The molecule has 3 amide bonds. The van der Waals surface area contributed by atoms with Crippen molar-refractivity contribution >= 4 is 29.7 Å². The monoisotopic (exact) mass is 330 g/mol. The lowest BCUT2D eigenvalue weighted by Crippen LogP contribution is -2.42. The van der Waals surface area contributed by atoms with Gasteiger partial charge < -0.3 is 15.4 Å². The highest BCUT2D eigenvalue weighted by atomic mass is 16.5. The minimum Gasteiger partial charge on any atom is -0.448 e. The molecule has 0 aliphatic heterocycles. The highest BCUT2D eigenvalue weighted by Crippen LogP contribution is 2.15. The fourth-order valence-electron chi connectivity index (χ4n) is 1.67. The summed E-state index contributed by atoms with van der Waals surface area (Å²) in [4.78, 5) is 35.9. The zero-order valence-electron chi connectivity index (χ0n) is 13.6. The maximum atomic E-state index is 11.9. The first-order valence-electron chi connectivity index (χ1n) is 6.95. The van der Waals surface area contributed by atoms with Gasteiger partial charge in [0.25, 0.3) is 5.91 Å². The van der Waals surface area contributed by atoms with Crippen LogP contribution in [-0.4, -0.2) is 38.1 Å². The van der Waals surface area contributed by atoms with Crippen LogP contribution in [0.4, 0.5) is 10.5 Å². The number of esters is 1. The van der Waals surface area contributed by atoms with Gasteiger partial charge in [0, 0.05) is 19.8 Å². The lowest BCUT2D eigenvalue weighted by molar-refractivity contribution is -0.150. The van der Waals surface area contributed by atoms with Gasteiger partial charge in [-0.15, -0.1) is 0 Å². The number of nitrogens with two attached hydrogens (primary N) is 1. The number of carbonyl (C=O) groups excluding carboxylic acids is 3. The summed E-state index contributed by atoms with van der Waals surface area (Å²) >= 11 is 0. The summed E-state index contributed by atoms with van der Waals surface area (Å²) in [6.07, 6.45) is 0.0818. The first-order valence-corrected chi connectivity index (χ1v) is 6.95. The van der Waals surface area contributed by atoms with Crippen LogP contribution in [0.2, 0.25) is 0 Å². The maximum absolute atomic E-state index is 11.9. The predicted molar refractivity (Wildman–Crippen MR) is 87.6 cm³/mol. The van der Waals surface area contributed by atoms with Crippen molar-refractivity contribution in [2.45, 2.75) is 13.0 Å². The van der Waals surface area contributed by atoms with Gasteiger partial charge in [0.05, 0.1) is 0 Å². The van der Waals surface area contributed by atoms with Crippen LogP contribution in [0, 0.1) is 11.3 Å². The van der Waals surface area contributed by atoms with Crippen LogP contribution in [0.5, 0.6) is 0 Å². The molecule has 0 spiro atoms. The summed E-state index contributed by atoms with van der Waals surface area (Å²) in [6.45, 7) is 1.26. The van der Waals surface area contributed by atoms with Crippen molar-refractivity contribution in [2.24, 2.45) is 5.73 Å². The maximum Gasteiger partial charge on any atom is 0.349 e. The van der Waals surface area contributed by atoms with Crippen molar-refractivity contribution < 1.29 is 19.1 Å². The molecule has 0 aromatic heterocycles. The number of benzene rings is 1. The minimum absolute atomic E-state index is 0.272. The Bertz CT molecular complexity index is 702. The number of nitriles is 1. The van der Waals surface area contributed by atoms with E-state index in [0.29, 0.717) is 5.56 Å². The minimum atomic E-state index is -1.27. The van der Waals surface area contributed by atoms with Crippen LogP contribution in [0.1, 0.15) is 12.5 Å². The quantitative estimate of drug-likeness (QED) is 0.467. The number of hydrogen-bond donors (Lipinski definition) is 2. The van der Waals surface area contributed by atoms with Gasteiger partial charge >= 0.3 is 12.0 Å². The van der Waals surface area contributed by atoms with Gasteiger partial charge in [-0.1, -0.05) is 12.1 Å². The van der Waals surface area contributed by atoms with E-state index in [1.165, 1.54) is 13.0 Å². The molecule has 24 heavy (non-hydrogen) atoms. The highest BCUT2D eigenvalue weighted by Gasteiger charge is 2.21. The Balaban J connectivity index is 2.84. The van der Waals surface area contributed by atoms with Gasteiger partial charge in [0.15, 0.2) is 6.10 Å². The normalized spacial score (nSPS) is 11.8. The molecule has 0 saturated carbocycles. The number of carbonyl (C=O) groups is 3. The molecule has 1 aromatic carbocycles. The first kappa shape index (κ1) is 18.7. The van der Waals surface area contributed by atoms with Gasteiger partial charge in [-0.05, 0) is 30.7 Å². The van der Waals surface area contributed by atoms with Crippen molar-refractivity contribution in [3.05, 3.63) is 35.4 Å². The van der Waals surface area contributed by atoms with E-state index in [2.05, 4.69) is 0 Å².